The molecule has 0 bridgehead atoms. The Kier molecular flexibility index (Phi) is 13.5. The van der Waals surface area contributed by atoms with Gasteiger partial charge in [-0.1, -0.05) is 182 Å². The van der Waals surface area contributed by atoms with Gasteiger partial charge >= 0.3 is 0 Å². The van der Waals surface area contributed by atoms with Crippen LogP contribution in [-0.2, 0) is 87.5 Å². The molecule has 10 rings (SSSR count). The monoisotopic (exact) mass is 876 g/mol. The maximum Gasteiger partial charge on any atom is 0.160 e. The molecule has 0 N–H and O–H groups in total. The van der Waals surface area contributed by atoms with Gasteiger partial charge in [-0.05, 0) is 140 Å². The zero-order chi connectivity index (χ0) is 43.7. The first-order chi connectivity index (χ1) is 31.3. The SMILES string of the molecule is O=S1(=O)Cc2ccc(-c3cc(CCc4ccccc4)ccc3-c3ccccc3)cc2C1.O=S1Cc2cc(-c3ccc(CCc4ccc(CCc5ccccc5)cc4)cc3)ccc2CO1. The molecule has 4 nitrogen and oxygen atoms in total. The van der Waals surface area contributed by atoms with Crippen LogP contribution in [0.5, 0.6) is 0 Å². The van der Waals surface area contributed by atoms with Crippen LogP contribution in [0.15, 0.2) is 194 Å². The lowest BCUT2D eigenvalue weighted by Gasteiger charge is -2.16. The topological polar surface area (TPSA) is 60.4 Å². The number of aryl methyl sites for hydroxylation is 6. The second-order valence-electron chi connectivity index (χ2n) is 16.9. The second-order valence-corrected chi connectivity index (χ2v) is 20.1. The zero-order valence-corrected chi connectivity index (χ0v) is 37.6. The smallest absolute Gasteiger partial charge is 0.160 e. The predicted molar refractivity (Wildman–Crippen MR) is 264 cm³/mol. The Labute approximate surface area is 381 Å². The summed E-state index contributed by atoms with van der Waals surface area (Å²) in [7, 11) is -3.01. The molecule has 0 aromatic heterocycles. The van der Waals surface area contributed by atoms with Gasteiger partial charge in [0.25, 0.3) is 0 Å². The predicted octanol–water partition coefficient (Wildman–Crippen LogP) is 12.9. The first-order valence-corrected chi connectivity index (χ1v) is 25.3. The number of rotatable bonds is 12. The molecule has 0 saturated heterocycles. The molecule has 8 aromatic carbocycles. The zero-order valence-electron chi connectivity index (χ0n) is 36.0. The van der Waals surface area contributed by atoms with Crippen molar-refractivity contribution in [2.24, 2.45) is 0 Å². The Bertz CT molecular complexity index is 2960. The third-order valence-electron chi connectivity index (χ3n) is 12.4. The summed E-state index contributed by atoms with van der Waals surface area (Å²) in [4.78, 5) is 0. The first kappa shape index (κ1) is 43.1. The van der Waals surface area contributed by atoms with Gasteiger partial charge in [0.1, 0.15) is 0 Å². The number of hydrogen-bond donors (Lipinski definition) is 0. The molecule has 2 aliphatic heterocycles. The third-order valence-corrected chi connectivity index (χ3v) is 14.8. The van der Waals surface area contributed by atoms with Gasteiger partial charge in [-0.25, -0.2) is 12.6 Å². The van der Waals surface area contributed by atoms with Crippen LogP contribution in [0.2, 0.25) is 0 Å². The van der Waals surface area contributed by atoms with E-state index in [2.05, 4.69) is 176 Å². The summed E-state index contributed by atoms with van der Waals surface area (Å²) in [6, 6.07) is 68.7. The highest BCUT2D eigenvalue weighted by Crippen LogP contribution is 2.36. The van der Waals surface area contributed by atoms with Crippen LogP contribution < -0.4 is 0 Å². The van der Waals surface area contributed by atoms with Crippen molar-refractivity contribution in [1.82, 2.24) is 0 Å². The fourth-order valence-electron chi connectivity index (χ4n) is 8.72. The molecule has 0 fully saturated rings. The van der Waals surface area contributed by atoms with Crippen molar-refractivity contribution in [2.75, 3.05) is 0 Å². The molecule has 0 radical (unpaired) electrons. The van der Waals surface area contributed by atoms with Crippen molar-refractivity contribution in [3.63, 3.8) is 0 Å². The van der Waals surface area contributed by atoms with Crippen LogP contribution >= 0.6 is 0 Å². The molecule has 0 aliphatic carbocycles. The summed E-state index contributed by atoms with van der Waals surface area (Å²) in [5.74, 6) is 0.780. The summed E-state index contributed by atoms with van der Waals surface area (Å²) < 4.78 is 41.1. The molecule has 0 saturated carbocycles. The van der Waals surface area contributed by atoms with E-state index in [4.69, 9.17) is 4.18 Å². The van der Waals surface area contributed by atoms with Gasteiger partial charge in [0, 0.05) is 0 Å². The third kappa shape index (κ3) is 11.1. The molecule has 0 spiro atoms. The molecule has 6 heteroatoms. The number of hydrogen-bond acceptors (Lipinski definition) is 4. The van der Waals surface area contributed by atoms with E-state index in [-0.39, 0.29) is 11.5 Å². The van der Waals surface area contributed by atoms with Crippen LogP contribution in [0.4, 0.5) is 0 Å². The second kappa shape index (κ2) is 20.1. The quantitative estimate of drug-likeness (QED) is 0.123. The standard InChI is InChI=1S/C30H28O2S.C28H24O2S/c31-33-22-30-20-28(18-19-29(30)21-32-33)27-16-14-26(15-17-27)13-12-25-10-8-24(9-11-25)7-6-23-4-2-1-3-5-23;29-31(30)19-25-15-14-24(18-26(25)20-31)28-17-22(12-11-21-7-3-1-4-8-21)13-16-27(28)23-9-5-2-6-10-23/h1-5,8-11,14-20H,6-7,12-13,21-22H2;1-10,13-18H,11-12,19-20H2. The number of benzene rings is 8. The highest BCUT2D eigenvalue weighted by molar-refractivity contribution is 7.90. The van der Waals surface area contributed by atoms with E-state index in [9.17, 15) is 12.6 Å². The van der Waals surface area contributed by atoms with Crippen molar-refractivity contribution in [2.45, 2.75) is 62.4 Å². The maximum absolute atomic E-state index is 12.1. The fourth-order valence-corrected chi connectivity index (χ4v) is 11.2. The molecule has 320 valence electrons. The van der Waals surface area contributed by atoms with E-state index in [1.54, 1.807) is 0 Å². The average molecular weight is 877 g/mol. The lowest BCUT2D eigenvalue weighted by atomic mass is 9.90. The minimum atomic E-state index is -3.01. The van der Waals surface area contributed by atoms with Gasteiger partial charge in [-0.15, -0.1) is 0 Å². The van der Waals surface area contributed by atoms with Crippen molar-refractivity contribution < 1.29 is 16.8 Å². The van der Waals surface area contributed by atoms with Gasteiger partial charge in [0.15, 0.2) is 20.9 Å². The lowest BCUT2D eigenvalue weighted by molar-refractivity contribution is 0.328. The summed E-state index contributed by atoms with van der Waals surface area (Å²) in [6.45, 7) is 0.440. The van der Waals surface area contributed by atoms with Gasteiger partial charge in [0.2, 0.25) is 0 Å². The fraction of sp³-hybridized carbons (Fsp3) is 0.172. The van der Waals surface area contributed by atoms with Crippen LogP contribution in [0, 0.1) is 0 Å². The highest BCUT2D eigenvalue weighted by atomic mass is 32.2. The van der Waals surface area contributed by atoms with Crippen molar-refractivity contribution in [3.8, 4) is 33.4 Å². The molecule has 2 heterocycles. The minimum absolute atomic E-state index is 0.143. The Morgan fingerprint density at radius 1 is 0.375 bits per heavy atom. The van der Waals surface area contributed by atoms with Crippen LogP contribution in [0.3, 0.4) is 0 Å². The normalized spacial score (nSPS) is 14.8. The van der Waals surface area contributed by atoms with Crippen molar-refractivity contribution in [1.29, 1.82) is 0 Å². The van der Waals surface area contributed by atoms with Gasteiger partial charge in [-0.2, -0.15) is 0 Å². The van der Waals surface area contributed by atoms with Crippen LogP contribution in [-0.4, -0.2) is 12.6 Å². The molecule has 8 aromatic rings. The average Bonchev–Trinajstić information content (AvgIpc) is 3.66. The van der Waals surface area contributed by atoms with Gasteiger partial charge in [0.05, 0.1) is 23.9 Å². The van der Waals surface area contributed by atoms with E-state index in [0.717, 1.165) is 71.9 Å². The summed E-state index contributed by atoms with van der Waals surface area (Å²) in [5.41, 5.74) is 19.2. The van der Waals surface area contributed by atoms with Crippen molar-refractivity contribution >= 4 is 20.9 Å². The minimum Gasteiger partial charge on any atom is -0.285 e. The number of sulfone groups is 1. The van der Waals surface area contributed by atoms with Gasteiger partial charge < -0.3 is 0 Å². The van der Waals surface area contributed by atoms with Crippen molar-refractivity contribution in [3.05, 3.63) is 250 Å². The van der Waals surface area contributed by atoms with E-state index < -0.39 is 20.9 Å². The van der Waals surface area contributed by atoms with Crippen LogP contribution in [0.1, 0.15) is 55.6 Å². The largest absolute Gasteiger partial charge is 0.285 e. The molecular formula is C58H52O4S2. The Hall–Kier alpha value is -6.18. The highest BCUT2D eigenvalue weighted by Gasteiger charge is 2.25. The summed E-state index contributed by atoms with van der Waals surface area (Å²) >= 11 is -1.20. The summed E-state index contributed by atoms with van der Waals surface area (Å²) in [6.07, 6.45) is 6.20. The Morgan fingerprint density at radius 3 is 1.44 bits per heavy atom. The Balaban J connectivity index is 0.000000162. The molecule has 0 amide bonds. The van der Waals surface area contributed by atoms with E-state index in [1.165, 1.54) is 55.6 Å². The van der Waals surface area contributed by atoms with Crippen LogP contribution in [0.25, 0.3) is 33.4 Å². The maximum atomic E-state index is 12.1. The molecule has 2 aliphatic rings. The van der Waals surface area contributed by atoms with E-state index in [1.807, 2.05) is 18.2 Å². The van der Waals surface area contributed by atoms with Gasteiger partial charge in [-0.3, -0.25) is 4.18 Å². The molecule has 1 atom stereocenters. The lowest BCUT2D eigenvalue weighted by Crippen LogP contribution is -2.10. The number of fused-ring (bicyclic) bond motifs is 2. The van der Waals surface area contributed by atoms with E-state index >= 15 is 0 Å². The molecule has 64 heavy (non-hydrogen) atoms. The Morgan fingerprint density at radius 2 is 0.828 bits per heavy atom. The van der Waals surface area contributed by atoms with E-state index in [0.29, 0.717) is 12.4 Å². The molecule has 1 unspecified atom stereocenters. The summed E-state index contributed by atoms with van der Waals surface area (Å²) in [5, 5.41) is 0. The molecular weight excluding hydrogens is 825 g/mol. The first-order valence-electron chi connectivity index (χ1n) is 22.2.